The summed E-state index contributed by atoms with van der Waals surface area (Å²) in [5.74, 6) is 1.88. The zero-order valence-corrected chi connectivity index (χ0v) is 5.71. The minimum Gasteiger partial charge on any atom is -0.508 e. The summed E-state index contributed by atoms with van der Waals surface area (Å²) < 4.78 is 5.29. The molecule has 2 heteroatoms. The first-order valence-corrected chi connectivity index (χ1v) is 3.60. The average molecular weight is 138 g/mol. The molecule has 0 spiro atoms. The number of aliphatic hydroxyl groups is 1. The van der Waals surface area contributed by atoms with Crippen LogP contribution in [0.3, 0.4) is 0 Å². The second-order valence-electron chi connectivity index (χ2n) is 2.75. The van der Waals surface area contributed by atoms with Gasteiger partial charge >= 0.3 is 0 Å². The third kappa shape index (κ3) is 0.801. The highest BCUT2D eigenvalue weighted by Crippen LogP contribution is 2.31. The van der Waals surface area contributed by atoms with Gasteiger partial charge in [-0.3, -0.25) is 0 Å². The minimum atomic E-state index is 0.355. The van der Waals surface area contributed by atoms with Crippen molar-refractivity contribution in [2.24, 2.45) is 5.92 Å². The van der Waals surface area contributed by atoms with Gasteiger partial charge in [-0.2, -0.15) is 0 Å². The van der Waals surface area contributed by atoms with Crippen LogP contribution in [0, 0.1) is 5.92 Å². The van der Waals surface area contributed by atoms with E-state index in [1.807, 2.05) is 6.08 Å². The van der Waals surface area contributed by atoms with Crippen molar-refractivity contribution in [1.82, 2.24) is 0 Å². The van der Waals surface area contributed by atoms with Gasteiger partial charge in [-0.1, -0.05) is 0 Å². The summed E-state index contributed by atoms with van der Waals surface area (Å²) in [5, 5.41) is 9.06. The lowest BCUT2D eigenvalue weighted by atomic mass is 9.97. The molecule has 2 nitrogen and oxygen atoms in total. The molecular formula is C8H10O2. The molecule has 1 fully saturated rings. The highest BCUT2D eigenvalue weighted by molar-refractivity contribution is 5.22. The molecule has 0 bridgehead atoms. The number of rotatable bonds is 0. The summed E-state index contributed by atoms with van der Waals surface area (Å²) in [7, 11) is 0. The predicted molar refractivity (Wildman–Crippen MR) is 37.5 cm³/mol. The quantitative estimate of drug-likeness (QED) is 0.552. The molecule has 2 aliphatic rings. The third-order valence-corrected chi connectivity index (χ3v) is 2.04. The Balaban J connectivity index is 2.24. The molecule has 10 heavy (non-hydrogen) atoms. The van der Waals surface area contributed by atoms with Gasteiger partial charge in [0.25, 0.3) is 0 Å². The van der Waals surface area contributed by atoms with Crippen LogP contribution >= 0.6 is 0 Å². The molecule has 0 aromatic heterocycles. The van der Waals surface area contributed by atoms with Gasteiger partial charge in [0.1, 0.15) is 11.5 Å². The van der Waals surface area contributed by atoms with E-state index in [0.717, 1.165) is 25.2 Å². The largest absolute Gasteiger partial charge is 0.508 e. The van der Waals surface area contributed by atoms with Gasteiger partial charge in [0.2, 0.25) is 0 Å². The van der Waals surface area contributed by atoms with Crippen LogP contribution in [0.1, 0.15) is 12.8 Å². The first kappa shape index (κ1) is 5.83. The molecule has 1 saturated heterocycles. The number of allylic oxidation sites excluding steroid dienone is 3. The third-order valence-electron chi connectivity index (χ3n) is 2.04. The van der Waals surface area contributed by atoms with Crippen LogP contribution in [-0.4, -0.2) is 11.7 Å². The summed E-state index contributed by atoms with van der Waals surface area (Å²) in [6.07, 6.45) is 5.62. The second kappa shape index (κ2) is 2.04. The maximum absolute atomic E-state index is 9.06. The fraction of sp³-hybridized carbons (Fsp3) is 0.500. The topological polar surface area (TPSA) is 29.5 Å². The molecule has 0 saturated carbocycles. The molecule has 1 unspecified atom stereocenters. The molecule has 0 aromatic rings. The molecule has 1 heterocycles. The van der Waals surface area contributed by atoms with Crippen molar-refractivity contribution < 1.29 is 9.84 Å². The smallest absolute Gasteiger partial charge is 0.114 e. The summed E-state index contributed by atoms with van der Waals surface area (Å²) in [4.78, 5) is 0. The Morgan fingerprint density at radius 1 is 1.60 bits per heavy atom. The number of hydrogen-bond acceptors (Lipinski definition) is 2. The van der Waals surface area contributed by atoms with Crippen molar-refractivity contribution in [2.75, 3.05) is 6.61 Å². The second-order valence-corrected chi connectivity index (χ2v) is 2.75. The first-order valence-electron chi connectivity index (χ1n) is 3.60. The van der Waals surface area contributed by atoms with Crippen molar-refractivity contribution in [3.63, 3.8) is 0 Å². The van der Waals surface area contributed by atoms with Gasteiger partial charge in [-0.15, -0.1) is 0 Å². The lowest BCUT2D eigenvalue weighted by Gasteiger charge is -2.11. The lowest BCUT2D eigenvalue weighted by Crippen LogP contribution is -2.01. The van der Waals surface area contributed by atoms with Crippen LogP contribution in [0.25, 0.3) is 0 Å². The summed E-state index contributed by atoms with van der Waals surface area (Å²) >= 11 is 0. The van der Waals surface area contributed by atoms with Crippen molar-refractivity contribution in [3.8, 4) is 0 Å². The van der Waals surface area contributed by atoms with Crippen LogP contribution in [0.2, 0.25) is 0 Å². The normalized spacial score (nSPS) is 30.2. The Morgan fingerprint density at radius 2 is 2.50 bits per heavy atom. The molecule has 1 atom stereocenters. The molecule has 54 valence electrons. The Labute approximate surface area is 59.8 Å². The van der Waals surface area contributed by atoms with Crippen LogP contribution in [0.15, 0.2) is 23.7 Å². The lowest BCUT2D eigenvalue weighted by molar-refractivity contribution is 0.254. The molecular weight excluding hydrogens is 128 g/mol. The molecule has 1 aliphatic heterocycles. The van der Waals surface area contributed by atoms with E-state index in [-0.39, 0.29) is 0 Å². The number of ether oxygens (including phenoxy) is 1. The zero-order chi connectivity index (χ0) is 6.97. The van der Waals surface area contributed by atoms with Gasteiger partial charge < -0.3 is 9.84 Å². The first-order chi connectivity index (χ1) is 4.86. The minimum absolute atomic E-state index is 0.355. The van der Waals surface area contributed by atoms with Crippen LogP contribution in [-0.2, 0) is 4.74 Å². The van der Waals surface area contributed by atoms with Crippen LogP contribution in [0.4, 0.5) is 0 Å². The summed E-state index contributed by atoms with van der Waals surface area (Å²) in [6, 6.07) is 0. The van der Waals surface area contributed by atoms with E-state index in [2.05, 4.69) is 0 Å². The highest BCUT2D eigenvalue weighted by atomic mass is 16.5. The molecule has 0 aromatic carbocycles. The Hall–Kier alpha value is -0.920. The SMILES string of the molecule is OC1=CCC2CCOC2=C1. The van der Waals surface area contributed by atoms with Crippen molar-refractivity contribution in [3.05, 3.63) is 23.7 Å². The zero-order valence-electron chi connectivity index (χ0n) is 5.71. The van der Waals surface area contributed by atoms with Gasteiger partial charge in [0, 0.05) is 12.0 Å². The van der Waals surface area contributed by atoms with E-state index >= 15 is 0 Å². The van der Waals surface area contributed by atoms with E-state index in [4.69, 9.17) is 9.84 Å². The van der Waals surface area contributed by atoms with E-state index < -0.39 is 0 Å². The van der Waals surface area contributed by atoms with Gasteiger partial charge in [-0.25, -0.2) is 0 Å². The maximum Gasteiger partial charge on any atom is 0.114 e. The number of aliphatic hydroxyl groups excluding tert-OH is 1. The Morgan fingerprint density at radius 3 is 3.40 bits per heavy atom. The van der Waals surface area contributed by atoms with Crippen LogP contribution in [0.5, 0.6) is 0 Å². The van der Waals surface area contributed by atoms with E-state index in [0.29, 0.717) is 11.7 Å². The molecule has 1 aliphatic carbocycles. The van der Waals surface area contributed by atoms with Gasteiger partial charge in [0.05, 0.1) is 6.61 Å². The van der Waals surface area contributed by atoms with Crippen LogP contribution < -0.4 is 0 Å². The summed E-state index contributed by atoms with van der Waals surface area (Å²) in [6.45, 7) is 0.817. The van der Waals surface area contributed by atoms with Crippen molar-refractivity contribution >= 4 is 0 Å². The fourth-order valence-electron chi connectivity index (χ4n) is 1.44. The number of hydrogen-bond donors (Lipinski definition) is 1. The predicted octanol–water partition coefficient (Wildman–Crippen LogP) is 1.75. The standard InChI is InChI=1S/C8H10O2/c9-7-2-1-6-3-4-10-8(6)5-7/h2,5-6,9H,1,3-4H2. The van der Waals surface area contributed by atoms with Gasteiger partial charge in [-0.05, 0) is 18.9 Å². The average Bonchev–Trinajstić information content (AvgIpc) is 2.33. The Bertz CT molecular complexity index is 203. The maximum atomic E-state index is 9.06. The van der Waals surface area contributed by atoms with Crippen molar-refractivity contribution in [2.45, 2.75) is 12.8 Å². The van der Waals surface area contributed by atoms with Gasteiger partial charge in [0.15, 0.2) is 0 Å². The Kier molecular flexibility index (Phi) is 1.19. The van der Waals surface area contributed by atoms with E-state index in [9.17, 15) is 0 Å². The highest BCUT2D eigenvalue weighted by Gasteiger charge is 2.24. The number of fused-ring (bicyclic) bond motifs is 1. The fourth-order valence-corrected chi connectivity index (χ4v) is 1.44. The molecule has 0 radical (unpaired) electrons. The molecule has 0 amide bonds. The van der Waals surface area contributed by atoms with E-state index in [1.54, 1.807) is 6.08 Å². The molecule has 1 N–H and O–H groups in total. The monoisotopic (exact) mass is 138 g/mol. The van der Waals surface area contributed by atoms with Crippen molar-refractivity contribution in [1.29, 1.82) is 0 Å². The molecule has 2 rings (SSSR count). The summed E-state index contributed by atoms with van der Waals surface area (Å²) in [5.41, 5.74) is 0. The van der Waals surface area contributed by atoms with E-state index in [1.165, 1.54) is 0 Å².